The first-order valence-corrected chi connectivity index (χ1v) is 7.15. The number of esters is 1. The lowest BCUT2D eigenvalue weighted by Gasteiger charge is -2.35. The average molecular weight is 278 g/mol. The van der Waals surface area contributed by atoms with Gasteiger partial charge < -0.3 is 14.5 Å². The van der Waals surface area contributed by atoms with Crippen molar-refractivity contribution in [1.29, 1.82) is 0 Å². The highest BCUT2D eigenvalue weighted by molar-refractivity contribution is 5.86. The van der Waals surface area contributed by atoms with Crippen LogP contribution < -0.4 is 5.32 Å². The summed E-state index contributed by atoms with van der Waals surface area (Å²) in [6.07, 6.45) is 0. The van der Waals surface area contributed by atoms with Gasteiger partial charge in [0.25, 0.3) is 0 Å². The molecule has 2 atom stereocenters. The number of methoxy groups -OCH3 is 1. The van der Waals surface area contributed by atoms with E-state index in [0.29, 0.717) is 5.92 Å². The average Bonchev–Trinajstić information content (AvgIpc) is 3.09. The van der Waals surface area contributed by atoms with Crippen molar-refractivity contribution < 1.29 is 13.9 Å². The lowest BCUT2D eigenvalue weighted by molar-refractivity contribution is 0.0558. The molecule has 20 heavy (non-hydrogen) atoms. The molecule has 3 rings (SSSR count). The normalized spacial score (nSPS) is 28.6. The van der Waals surface area contributed by atoms with E-state index >= 15 is 0 Å². The van der Waals surface area contributed by atoms with Crippen LogP contribution in [0.25, 0.3) is 0 Å². The van der Waals surface area contributed by atoms with E-state index in [4.69, 9.17) is 4.42 Å². The van der Waals surface area contributed by atoms with Gasteiger partial charge in [-0.05, 0) is 44.4 Å². The number of carbonyl (C=O) groups excluding carboxylic acids is 1. The van der Waals surface area contributed by atoms with Gasteiger partial charge in [-0.2, -0.15) is 0 Å². The van der Waals surface area contributed by atoms with Crippen LogP contribution in [0.15, 0.2) is 16.5 Å². The fourth-order valence-corrected chi connectivity index (χ4v) is 3.63. The van der Waals surface area contributed by atoms with Crippen LogP contribution in [0.3, 0.4) is 0 Å². The number of rotatable bonds is 3. The minimum absolute atomic E-state index is 0.159. The van der Waals surface area contributed by atoms with Gasteiger partial charge >= 0.3 is 5.97 Å². The van der Waals surface area contributed by atoms with Crippen molar-refractivity contribution in [3.05, 3.63) is 23.7 Å². The van der Waals surface area contributed by atoms with E-state index in [1.807, 2.05) is 6.07 Å². The highest BCUT2D eigenvalue weighted by atomic mass is 16.5. The summed E-state index contributed by atoms with van der Waals surface area (Å²) in [5.41, 5.74) is 0.159. The van der Waals surface area contributed by atoms with Crippen LogP contribution in [-0.4, -0.2) is 43.2 Å². The minimum atomic E-state index is -0.419. The number of carbonyl (C=O) groups is 1. The molecule has 0 bridgehead atoms. The molecule has 2 aliphatic heterocycles. The molecule has 2 unspecified atom stereocenters. The molecular weight excluding hydrogens is 256 g/mol. The largest absolute Gasteiger partial charge is 0.463 e. The Balaban J connectivity index is 1.72. The summed E-state index contributed by atoms with van der Waals surface area (Å²) in [5, 5.41) is 3.48. The van der Waals surface area contributed by atoms with E-state index in [0.717, 1.165) is 37.9 Å². The number of hydrogen-bond acceptors (Lipinski definition) is 5. The third-order valence-corrected chi connectivity index (χ3v) is 4.91. The van der Waals surface area contributed by atoms with Crippen molar-refractivity contribution in [2.75, 3.05) is 26.7 Å². The number of nitrogens with one attached hydrogen (secondary N) is 1. The predicted molar refractivity (Wildman–Crippen MR) is 74.4 cm³/mol. The van der Waals surface area contributed by atoms with Crippen molar-refractivity contribution in [3.63, 3.8) is 0 Å². The zero-order valence-corrected chi connectivity index (χ0v) is 12.3. The minimum Gasteiger partial charge on any atom is -0.463 e. The van der Waals surface area contributed by atoms with Crippen LogP contribution in [-0.2, 0) is 11.3 Å². The lowest BCUT2D eigenvalue weighted by Crippen LogP contribution is -2.43. The van der Waals surface area contributed by atoms with Crippen molar-refractivity contribution in [2.24, 2.45) is 11.8 Å². The standard InChI is InChI=1S/C15H22N2O3/c1-15(2)12-7-16-6-10(12)8-17(15)9-11-4-5-13(20-11)14(18)19-3/h4-5,10,12,16H,6-9H2,1-3H3. The first kappa shape index (κ1) is 13.6. The maximum absolute atomic E-state index is 11.4. The fraction of sp³-hybridized carbons (Fsp3) is 0.667. The van der Waals surface area contributed by atoms with Crippen molar-refractivity contribution in [1.82, 2.24) is 10.2 Å². The first-order chi connectivity index (χ1) is 9.52. The number of fused-ring (bicyclic) bond motifs is 1. The summed E-state index contributed by atoms with van der Waals surface area (Å²) in [4.78, 5) is 13.9. The molecule has 0 spiro atoms. The Morgan fingerprint density at radius 2 is 2.30 bits per heavy atom. The first-order valence-electron chi connectivity index (χ1n) is 7.15. The summed E-state index contributed by atoms with van der Waals surface area (Å²) >= 11 is 0. The molecule has 3 heterocycles. The van der Waals surface area contributed by atoms with E-state index in [1.54, 1.807) is 6.07 Å². The second kappa shape index (κ2) is 4.90. The zero-order chi connectivity index (χ0) is 14.3. The van der Waals surface area contributed by atoms with Crippen LogP contribution in [0.4, 0.5) is 0 Å². The highest BCUT2D eigenvalue weighted by Crippen LogP contribution is 2.41. The number of hydrogen-bond donors (Lipinski definition) is 1. The third kappa shape index (κ3) is 2.15. The van der Waals surface area contributed by atoms with Crippen LogP contribution in [0, 0.1) is 11.8 Å². The van der Waals surface area contributed by atoms with Gasteiger partial charge in [0, 0.05) is 18.6 Å². The summed E-state index contributed by atoms with van der Waals surface area (Å²) < 4.78 is 10.2. The molecule has 1 aromatic heterocycles. The Morgan fingerprint density at radius 1 is 1.50 bits per heavy atom. The van der Waals surface area contributed by atoms with E-state index < -0.39 is 5.97 Å². The molecular formula is C15H22N2O3. The Bertz CT molecular complexity index is 509. The van der Waals surface area contributed by atoms with Gasteiger partial charge in [-0.15, -0.1) is 0 Å². The summed E-state index contributed by atoms with van der Waals surface area (Å²) in [7, 11) is 1.36. The topological polar surface area (TPSA) is 54.7 Å². The number of ether oxygens (including phenoxy) is 1. The summed E-state index contributed by atoms with van der Waals surface area (Å²) in [6.45, 7) is 8.63. The zero-order valence-electron chi connectivity index (χ0n) is 12.3. The molecule has 0 aromatic carbocycles. The molecule has 5 heteroatoms. The quantitative estimate of drug-likeness (QED) is 0.849. The van der Waals surface area contributed by atoms with Gasteiger partial charge in [-0.25, -0.2) is 4.79 Å². The Morgan fingerprint density at radius 3 is 3.00 bits per heavy atom. The molecule has 1 N–H and O–H groups in total. The second-order valence-corrected chi connectivity index (χ2v) is 6.32. The number of furan rings is 1. The highest BCUT2D eigenvalue weighted by Gasteiger charge is 2.49. The number of likely N-dealkylation sites (tertiary alicyclic amines) is 1. The molecule has 0 radical (unpaired) electrons. The SMILES string of the molecule is COC(=O)c1ccc(CN2CC3CNCC3C2(C)C)o1. The van der Waals surface area contributed by atoms with Crippen LogP contribution in [0.1, 0.15) is 30.2 Å². The molecule has 2 saturated heterocycles. The summed E-state index contributed by atoms with van der Waals surface area (Å²) in [5.74, 6) is 2.10. The lowest BCUT2D eigenvalue weighted by atomic mass is 9.85. The van der Waals surface area contributed by atoms with Crippen molar-refractivity contribution >= 4 is 5.97 Å². The van der Waals surface area contributed by atoms with Gasteiger partial charge in [0.2, 0.25) is 5.76 Å². The predicted octanol–water partition coefficient (Wildman–Crippen LogP) is 1.50. The van der Waals surface area contributed by atoms with Crippen LogP contribution >= 0.6 is 0 Å². The van der Waals surface area contributed by atoms with E-state index in [1.165, 1.54) is 7.11 Å². The molecule has 5 nitrogen and oxygen atoms in total. The van der Waals surface area contributed by atoms with Gasteiger partial charge in [0.05, 0.1) is 13.7 Å². The van der Waals surface area contributed by atoms with Crippen molar-refractivity contribution in [2.45, 2.75) is 25.9 Å². The molecule has 2 fully saturated rings. The Hall–Kier alpha value is -1.33. The fourth-order valence-electron chi connectivity index (χ4n) is 3.63. The monoisotopic (exact) mass is 278 g/mol. The third-order valence-electron chi connectivity index (χ3n) is 4.91. The smallest absolute Gasteiger partial charge is 0.373 e. The molecule has 1 aromatic rings. The van der Waals surface area contributed by atoms with Gasteiger partial charge in [0.15, 0.2) is 0 Å². The van der Waals surface area contributed by atoms with E-state index in [-0.39, 0.29) is 11.3 Å². The summed E-state index contributed by atoms with van der Waals surface area (Å²) in [6, 6.07) is 3.56. The molecule has 2 aliphatic rings. The molecule has 0 aliphatic carbocycles. The van der Waals surface area contributed by atoms with Crippen LogP contribution in [0.2, 0.25) is 0 Å². The van der Waals surface area contributed by atoms with E-state index in [2.05, 4.69) is 28.8 Å². The Kier molecular flexibility index (Phi) is 3.34. The maximum atomic E-state index is 11.4. The van der Waals surface area contributed by atoms with Crippen molar-refractivity contribution in [3.8, 4) is 0 Å². The molecule has 0 saturated carbocycles. The maximum Gasteiger partial charge on any atom is 0.373 e. The second-order valence-electron chi connectivity index (χ2n) is 6.32. The number of nitrogens with zero attached hydrogens (tertiary/aromatic N) is 1. The van der Waals surface area contributed by atoms with E-state index in [9.17, 15) is 4.79 Å². The van der Waals surface area contributed by atoms with Gasteiger partial charge in [-0.3, -0.25) is 4.90 Å². The van der Waals surface area contributed by atoms with Crippen LogP contribution in [0.5, 0.6) is 0 Å². The van der Waals surface area contributed by atoms with Gasteiger partial charge in [0.1, 0.15) is 5.76 Å². The van der Waals surface area contributed by atoms with Gasteiger partial charge in [-0.1, -0.05) is 0 Å². The molecule has 0 amide bonds. The Labute approximate surface area is 119 Å². The molecule has 110 valence electrons.